The van der Waals surface area contributed by atoms with Crippen LogP contribution in [0.4, 0.5) is 0 Å². The number of carbonyl (C=O) groups is 2. The molecule has 0 aromatic heterocycles. The molecular formula is C24H32Br2N2O2. The van der Waals surface area contributed by atoms with Gasteiger partial charge in [-0.15, -0.1) is 0 Å². The van der Waals surface area contributed by atoms with Gasteiger partial charge in [-0.25, -0.2) is 0 Å². The van der Waals surface area contributed by atoms with Crippen molar-refractivity contribution in [3.63, 3.8) is 0 Å². The third-order valence-corrected chi connectivity index (χ3v) is 4.70. The fraction of sp³-hybridized carbons (Fsp3) is 0.333. The number of quaternary nitrogens is 2. The Morgan fingerprint density at radius 1 is 0.633 bits per heavy atom. The van der Waals surface area contributed by atoms with Gasteiger partial charge in [0.25, 0.3) is 0 Å². The van der Waals surface area contributed by atoms with E-state index in [4.69, 9.17) is 0 Å². The van der Waals surface area contributed by atoms with Crippen LogP contribution in [0.3, 0.4) is 0 Å². The van der Waals surface area contributed by atoms with Gasteiger partial charge in [0.15, 0.2) is 0 Å². The highest BCUT2D eigenvalue weighted by Crippen LogP contribution is 2.08. The van der Waals surface area contributed by atoms with E-state index in [0.29, 0.717) is 22.1 Å². The molecule has 2 rings (SSSR count). The van der Waals surface area contributed by atoms with Crippen LogP contribution in [0.1, 0.15) is 20.7 Å². The molecule has 2 aromatic rings. The van der Waals surface area contributed by atoms with E-state index in [2.05, 4.69) is 40.3 Å². The summed E-state index contributed by atoms with van der Waals surface area (Å²) in [5.74, 6) is 0.312. The van der Waals surface area contributed by atoms with Crippen molar-refractivity contribution in [1.29, 1.82) is 0 Å². The van der Waals surface area contributed by atoms with E-state index in [0.717, 1.165) is 24.2 Å². The minimum absolute atomic E-state index is 0. The van der Waals surface area contributed by atoms with Crippen molar-refractivity contribution in [2.24, 2.45) is 0 Å². The third kappa shape index (κ3) is 9.94. The van der Waals surface area contributed by atoms with Crippen LogP contribution in [0.25, 0.3) is 0 Å². The molecule has 0 saturated heterocycles. The standard InChI is InChI=1S/C24H32N2O2.2BrH/c1-25(2,19-23(27)21-13-7-5-8-14-21)17-11-12-18-26(3,4)20-24(28)22-15-9-6-10-16-22;;/h5-16H,17-20H2,1-4H3;2*1H/q+2;;/p-2/b12-11+;;. The molecule has 0 radical (unpaired) electrons. The van der Waals surface area contributed by atoms with Gasteiger partial charge >= 0.3 is 0 Å². The van der Waals surface area contributed by atoms with Gasteiger partial charge in [0, 0.05) is 11.1 Å². The quantitative estimate of drug-likeness (QED) is 0.190. The smallest absolute Gasteiger partial charge is 0.216 e. The molecular weight excluding hydrogens is 508 g/mol. The Bertz CT molecular complexity index is 750. The molecule has 0 N–H and O–H groups in total. The summed E-state index contributed by atoms with van der Waals surface area (Å²) >= 11 is 0. The molecule has 0 aliphatic carbocycles. The van der Waals surface area contributed by atoms with Crippen molar-refractivity contribution in [3.8, 4) is 0 Å². The van der Waals surface area contributed by atoms with E-state index in [-0.39, 0.29) is 45.5 Å². The summed E-state index contributed by atoms with van der Waals surface area (Å²) in [6.07, 6.45) is 4.23. The highest BCUT2D eigenvalue weighted by molar-refractivity contribution is 5.97. The SMILES string of the molecule is C[N+](C)(C/C=C/C[N+](C)(C)CC(=O)c1ccccc1)CC(=O)c1ccccc1.[Br-].[Br-]. The first-order chi connectivity index (χ1) is 13.2. The van der Waals surface area contributed by atoms with Crippen LogP contribution in [0.5, 0.6) is 0 Å². The van der Waals surface area contributed by atoms with Gasteiger partial charge in [0.2, 0.25) is 11.6 Å². The zero-order chi connectivity index (χ0) is 20.6. The maximum atomic E-state index is 12.4. The van der Waals surface area contributed by atoms with Gasteiger partial charge in [0.1, 0.15) is 13.1 Å². The number of halogens is 2. The monoisotopic (exact) mass is 538 g/mol. The summed E-state index contributed by atoms with van der Waals surface area (Å²) in [5, 5.41) is 0. The number of nitrogens with zero attached hydrogens (tertiary/aromatic N) is 2. The molecule has 0 aliphatic heterocycles. The van der Waals surface area contributed by atoms with Crippen LogP contribution in [-0.4, -0.2) is 74.9 Å². The van der Waals surface area contributed by atoms with Crippen molar-refractivity contribution in [2.45, 2.75) is 0 Å². The van der Waals surface area contributed by atoms with Crippen LogP contribution in [0.15, 0.2) is 72.8 Å². The van der Waals surface area contributed by atoms with Gasteiger partial charge in [-0.05, 0) is 12.2 Å². The first-order valence-electron chi connectivity index (χ1n) is 9.64. The lowest BCUT2D eigenvalue weighted by molar-refractivity contribution is -0.878. The highest BCUT2D eigenvalue weighted by Gasteiger charge is 2.21. The predicted octanol–water partition coefficient (Wildman–Crippen LogP) is -2.53. The molecule has 2 aromatic carbocycles. The zero-order valence-electron chi connectivity index (χ0n) is 18.2. The van der Waals surface area contributed by atoms with Crippen LogP contribution >= 0.6 is 0 Å². The molecule has 30 heavy (non-hydrogen) atoms. The second kappa shape index (κ2) is 13.0. The number of likely N-dealkylation sites (N-methyl/N-ethyl adjacent to an activating group) is 2. The normalized spacial score (nSPS) is 11.5. The maximum absolute atomic E-state index is 12.4. The van der Waals surface area contributed by atoms with Crippen molar-refractivity contribution in [1.82, 2.24) is 0 Å². The first-order valence-corrected chi connectivity index (χ1v) is 9.64. The van der Waals surface area contributed by atoms with Crippen LogP contribution in [0.2, 0.25) is 0 Å². The predicted molar refractivity (Wildman–Crippen MR) is 114 cm³/mol. The topological polar surface area (TPSA) is 34.1 Å². The fourth-order valence-electron chi connectivity index (χ4n) is 3.06. The minimum atomic E-state index is 0. The fourth-order valence-corrected chi connectivity index (χ4v) is 3.06. The Morgan fingerprint density at radius 2 is 0.933 bits per heavy atom. The van der Waals surface area contributed by atoms with E-state index >= 15 is 0 Å². The molecule has 6 heteroatoms. The third-order valence-electron chi connectivity index (χ3n) is 4.70. The van der Waals surface area contributed by atoms with E-state index in [9.17, 15) is 9.59 Å². The number of ketones is 2. The molecule has 164 valence electrons. The number of hydrogen-bond acceptors (Lipinski definition) is 2. The van der Waals surface area contributed by atoms with Gasteiger partial charge in [-0.2, -0.15) is 0 Å². The minimum Gasteiger partial charge on any atom is -1.00 e. The zero-order valence-corrected chi connectivity index (χ0v) is 21.4. The molecule has 0 fully saturated rings. The highest BCUT2D eigenvalue weighted by atomic mass is 79.9. The van der Waals surface area contributed by atoms with Gasteiger partial charge in [-0.1, -0.05) is 60.7 Å². The Balaban J connectivity index is 0.00000420. The van der Waals surface area contributed by atoms with Gasteiger partial charge < -0.3 is 42.9 Å². The van der Waals surface area contributed by atoms with Crippen molar-refractivity contribution in [2.75, 3.05) is 54.4 Å². The lowest BCUT2D eigenvalue weighted by Gasteiger charge is -2.29. The maximum Gasteiger partial charge on any atom is 0.216 e. The lowest BCUT2D eigenvalue weighted by Crippen LogP contribution is -3.00. The molecule has 0 aliphatic rings. The number of Topliss-reactive ketones (excluding diaryl/α,β-unsaturated/α-hetero) is 2. The Morgan fingerprint density at radius 3 is 1.23 bits per heavy atom. The molecule has 0 unspecified atom stereocenters. The Hall–Kier alpha value is -1.60. The molecule has 0 saturated carbocycles. The van der Waals surface area contributed by atoms with Gasteiger partial charge in [0.05, 0.1) is 41.3 Å². The second-order valence-electron chi connectivity index (χ2n) is 8.60. The van der Waals surface area contributed by atoms with Crippen molar-refractivity contribution in [3.05, 3.63) is 83.9 Å². The average molecular weight is 540 g/mol. The molecule has 0 heterocycles. The molecule has 4 nitrogen and oxygen atoms in total. The summed E-state index contributed by atoms with van der Waals surface area (Å²) in [6.45, 7) is 2.45. The van der Waals surface area contributed by atoms with Crippen LogP contribution in [-0.2, 0) is 0 Å². The first kappa shape index (κ1) is 28.4. The summed E-state index contributed by atoms with van der Waals surface area (Å²) in [7, 11) is 8.24. The van der Waals surface area contributed by atoms with Crippen molar-refractivity contribution >= 4 is 11.6 Å². The number of hydrogen-bond donors (Lipinski definition) is 0. The number of rotatable bonds is 10. The lowest BCUT2D eigenvalue weighted by atomic mass is 10.1. The second-order valence-corrected chi connectivity index (χ2v) is 8.60. The molecule has 0 spiro atoms. The van der Waals surface area contributed by atoms with Gasteiger partial charge in [-0.3, -0.25) is 9.59 Å². The van der Waals surface area contributed by atoms with Crippen molar-refractivity contribution < 1.29 is 52.5 Å². The average Bonchev–Trinajstić information content (AvgIpc) is 2.66. The summed E-state index contributed by atoms with van der Waals surface area (Å²) < 4.78 is 1.20. The summed E-state index contributed by atoms with van der Waals surface area (Å²) in [4.78, 5) is 24.9. The van der Waals surface area contributed by atoms with E-state index in [1.54, 1.807) is 0 Å². The van der Waals surface area contributed by atoms with E-state index < -0.39 is 0 Å². The summed E-state index contributed by atoms with van der Waals surface area (Å²) in [6, 6.07) is 18.9. The Kier molecular flexibility index (Phi) is 12.3. The molecule has 0 bridgehead atoms. The summed E-state index contributed by atoms with van der Waals surface area (Å²) in [5.41, 5.74) is 1.52. The number of benzene rings is 2. The van der Waals surface area contributed by atoms with E-state index in [1.807, 2.05) is 60.7 Å². The largest absolute Gasteiger partial charge is 1.00 e. The molecule has 0 amide bonds. The van der Waals surface area contributed by atoms with E-state index in [1.165, 1.54) is 0 Å². The number of carbonyl (C=O) groups excluding carboxylic acids is 2. The Labute approximate surface area is 201 Å². The van der Waals surface area contributed by atoms with Crippen LogP contribution < -0.4 is 34.0 Å². The molecule has 0 atom stereocenters. The van der Waals surface area contributed by atoms with Crippen LogP contribution in [0, 0.1) is 0 Å².